The van der Waals surface area contributed by atoms with Gasteiger partial charge in [0.05, 0.1) is 6.54 Å². The molecule has 1 aliphatic rings. The van der Waals surface area contributed by atoms with Crippen molar-refractivity contribution in [3.63, 3.8) is 0 Å². The van der Waals surface area contributed by atoms with Gasteiger partial charge in [-0.25, -0.2) is 0 Å². The first-order chi connectivity index (χ1) is 19.2. The monoisotopic (exact) mass is 612 g/mol. The third-order valence-corrected chi connectivity index (χ3v) is 8.00. The van der Waals surface area contributed by atoms with Crippen molar-refractivity contribution in [2.45, 2.75) is 26.2 Å². The third-order valence-electron chi connectivity index (χ3n) is 6.74. The number of benzene rings is 3. The molecule has 1 amide bonds. The topological polar surface area (TPSA) is 177 Å². The molecule has 0 aliphatic carbocycles. The number of thiophene rings is 1. The fraction of sp³-hybridized carbons (Fsp3) is 0.303. The van der Waals surface area contributed by atoms with E-state index in [1.165, 1.54) is 64.5 Å². The predicted octanol–water partition coefficient (Wildman–Crippen LogP) is 3.10. The molecule has 0 atom stereocenters. The number of carbonyl (C=O) groups excluding carboxylic acids is 1. The number of rotatable bonds is 11. The maximum Gasteiger partial charge on any atom is 0.216 e. The first-order valence-electron chi connectivity index (χ1n) is 13.4. The van der Waals surface area contributed by atoms with Crippen molar-refractivity contribution < 1.29 is 36.2 Å². The van der Waals surface area contributed by atoms with Crippen LogP contribution in [0.5, 0.6) is 11.5 Å². The molecule has 9 N–H and O–H groups in total. The molecule has 0 spiro atoms. The van der Waals surface area contributed by atoms with Crippen LogP contribution in [0.3, 0.4) is 0 Å². The fourth-order valence-electron chi connectivity index (χ4n) is 4.81. The van der Waals surface area contributed by atoms with Gasteiger partial charge in [-0.05, 0) is 96.9 Å². The SMILES string of the molecule is C#C.CC(=O)NCCOc1ccc(-c2sc3ccccc3c2Cc2ccc(OCCN3CCCC3)cc2)cc1.O.O.O.O. The zero-order valence-electron chi connectivity index (χ0n) is 24.5. The molecule has 1 aromatic heterocycles. The Morgan fingerprint density at radius 3 is 2.05 bits per heavy atom. The first kappa shape index (κ1) is 39.1. The number of amides is 1. The Labute approximate surface area is 257 Å². The van der Waals surface area contributed by atoms with E-state index in [1.807, 2.05) is 23.5 Å². The van der Waals surface area contributed by atoms with E-state index < -0.39 is 0 Å². The van der Waals surface area contributed by atoms with Gasteiger partial charge in [0.15, 0.2) is 0 Å². The van der Waals surface area contributed by atoms with Gasteiger partial charge in [0.1, 0.15) is 24.7 Å². The summed E-state index contributed by atoms with van der Waals surface area (Å²) in [5.41, 5.74) is 3.81. The minimum atomic E-state index is -0.0454. The molecule has 1 fully saturated rings. The molecular weight excluding hydrogens is 568 g/mol. The summed E-state index contributed by atoms with van der Waals surface area (Å²) < 4.78 is 13.1. The van der Waals surface area contributed by atoms with Crippen LogP contribution in [0.4, 0.5) is 0 Å². The van der Waals surface area contributed by atoms with Gasteiger partial charge in [-0.2, -0.15) is 0 Å². The average Bonchev–Trinajstić information content (AvgIpc) is 3.62. The lowest BCUT2D eigenvalue weighted by atomic mass is 9.99. The Balaban J connectivity index is 0.00000288. The molecule has 3 aromatic carbocycles. The molecular formula is C33H44N2O7S. The third kappa shape index (κ3) is 11.0. The number of nitrogens with one attached hydrogen (secondary N) is 1. The van der Waals surface area contributed by atoms with E-state index in [0.717, 1.165) is 31.1 Å². The lowest BCUT2D eigenvalue weighted by Gasteiger charge is -2.15. The lowest BCUT2D eigenvalue weighted by molar-refractivity contribution is -0.119. The van der Waals surface area contributed by atoms with Gasteiger partial charge in [0.2, 0.25) is 5.91 Å². The van der Waals surface area contributed by atoms with Gasteiger partial charge in [0.25, 0.3) is 0 Å². The molecule has 0 saturated carbocycles. The van der Waals surface area contributed by atoms with E-state index in [4.69, 9.17) is 9.47 Å². The van der Waals surface area contributed by atoms with E-state index in [0.29, 0.717) is 13.2 Å². The molecule has 234 valence electrons. The number of terminal acetylenes is 1. The van der Waals surface area contributed by atoms with Crippen molar-refractivity contribution in [1.82, 2.24) is 10.2 Å². The summed E-state index contributed by atoms with van der Waals surface area (Å²) in [5, 5.41) is 4.06. The Hall–Kier alpha value is -3.95. The zero-order valence-corrected chi connectivity index (χ0v) is 25.3. The summed E-state index contributed by atoms with van der Waals surface area (Å²) in [7, 11) is 0. The molecule has 1 aliphatic heterocycles. The second-order valence-electron chi connectivity index (χ2n) is 9.48. The Morgan fingerprint density at radius 1 is 0.837 bits per heavy atom. The summed E-state index contributed by atoms with van der Waals surface area (Å²) in [4.78, 5) is 14.8. The maximum atomic E-state index is 11.0. The lowest BCUT2D eigenvalue weighted by Crippen LogP contribution is -2.25. The number of likely N-dealkylation sites (tertiary alicyclic amines) is 1. The molecule has 43 heavy (non-hydrogen) atoms. The van der Waals surface area contributed by atoms with Crippen LogP contribution in [-0.2, 0) is 11.2 Å². The van der Waals surface area contributed by atoms with E-state index in [2.05, 4.69) is 83.7 Å². The first-order valence-corrected chi connectivity index (χ1v) is 14.2. The average molecular weight is 613 g/mol. The smallest absolute Gasteiger partial charge is 0.216 e. The molecule has 0 unspecified atom stereocenters. The maximum absolute atomic E-state index is 11.0. The summed E-state index contributed by atoms with van der Waals surface area (Å²) in [6.45, 7) is 6.61. The quantitative estimate of drug-likeness (QED) is 0.202. The van der Waals surface area contributed by atoms with Gasteiger partial charge >= 0.3 is 0 Å². The van der Waals surface area contributed by atoms with Crippen molar-refractivity contribution in [2.24, 2.45) is 0 Å². The molecule has 10 heteroatoms. The highest BCUT2D eigenvalue weighted by atomic mass is 32.1. The predicted molar refractivity (Wildman–Crippen MR) is 176 cm³/mol. The zero-order chi connectivity index (χ0) is 27.5. The van der Waals surface area contributed by atoms with Crippen molar-refractivity contribution >= 4 is 27.3 Å². The van der Waals surface area contributed by atoms with Crippen molar-refractivity contribution in [3.8, 4) is 34.8 Å². The van der Waals surface area contributed by atoms with Crippen LogP contribution >= 0.6 is 11.3 Å². The highest BCUT2D eigenvalue weighted by Crippen LogP contribution is 2.40. The molecule has 9 nitrogen and oxygen atoms in total. The second-order valence-corrected chi connectivity index (χ2v) is 10.5. The standard InChI is InChI=1S/C31H34N2O3S.C2H2.4H2O/c1-23(34)32-16-20-35-27-14-10-25(11-15-27)31-29(28-6-2-3-7-30(28)37-31)22-24-8-12-26(13-9-24)36-21-19-33-17-4-5-18-33;1-2;;;;/h2-3,6-15H,4-5,16-22H2,1H3,(H,32,34);1-2H;4*1H2. The highest BCUT2D eigenvalue weighted by Gasteiger charge is 2.15. The minimum absolute atomic E-state index is 0. The Morgan fingerprint density at radius 2 is 1.42 bits per heavy atom. The number of hydrogen-bond acceptors (Lipinski definition) is 5. The van der Waals surface area contributed by atoms with Gasteiger partial charge in [-0.1, -0.05) is 30.3 Å². The van der Waals surface area contributed by atoms with E-state index >= 15 is 0 Å². The Kier molecular flexibility index (Phi) is 18.2. The summed E-state index contributed by atoms with van der Waals surface area (Å²) in [6, 6.07) is 25.5. The Bertz CT molecular complexity index is 1370. The number of hydrogen-bond donors (Lipinski definition) is 1. The van der Waals surface area contributed by atoms with Gasteiger partial charge in [0, 0.05) is 23.0 Å². The summed E-state index contributed by atoms with van der Waals surface area (Å²) in [5.74, 6) is 1.69. The molecule has 1 saturated heterocycles. The normalized spacial score (nSPS) is 11.8. The van der Waals surface area contributed by atoms with Crippen LogP contribution < -0.4 is 14.8 Å². The van der Waals surface area contributed by atoms with Gasteiger partial charge in [-0.3, -0.25) is 9.69 Å². The van der Waals surface area contributed by atoms with Crippen molar-refractivity contribution in [2.75, 3.05) is 39.4 Å². The van der Waals surface area contributed by atoms with E-state index in [1.54, 1.807) is 0 Å². The van der Waals surface area contributed by atoms with Crippen LogP contribution in [0.15, 0.2) is 72.8 Å². The molecule has 4 aromatic rings. The summed E-state index contributed by atoms with van der Waals surface area (Å²) in [6.07, 6.45) is 11.5. The van der Waals surface area contributed by atoms with E-state index in [-0.39, 0.29) is 27.8 Å². The minimum Gasteiger partial charge on any atom is -0.492 e. The number of fused-ring (bicyclic) bond motifs is 1. The van der Waals surface area contributed by atoms with Gasteiger partial charge in [-0.15, -0.1) is 24.2 Å². The molecule has 2 heterocycles. The molecule has 5 rings (SSSR count). The van der Waals surface area contributed by atoms with Crippen LogP contribution in [0.25, 0.3) is 20.5 Å². The number of carbonyl (C=O) groups is 1. The largest absolute Gasteiger partial charge is 0.492 e. The van der Waals surface area contributed by atoms with Crippen LogP contribution in [-0.4, -0.2) is 72.1 Å². The second kappa shape index (κ2) is 20.0. The number of nitrogens with zero attached hydrogens (tertiary/aromatic N) is 1. The van der Waals surface area contributed by atoms with Crippen LogP contribution in [0, 0.1) is 12.8 Å². The highest BCUT2D eigenvalue weighted by molar-refractivity contribution is 7.22. The number of ether oxygens (including phenoxy) is 2. The van der Waals surface area contributed by atoms with E-state index in [9.17, 15) is 4.79 Å². The van der Waals surface area contributed by atoms with Crippen LogP contribution in [0.1, 0.15) is 30.9 Å². The molecule has 0 radical (unpaired) electrons. The van der Waals surface area contributed by atoms with Crippen LogP contribution in [0.2, 0.25) is 0 Å². The molecule has 0 bridgehead atoms. The summed E-state index contributed by atoms with van der Waals surface area (Å²) >= 11 is 1.84. The van der Waals surface area contributed by atoms with Crippen molar-refractivity contribution in [1.29, 1.82) is 0 Å². The van der Waals surface area contributed by atoms with Crippen molar-refractivity contribution in [3.05, 3.63) is 83.9 Å². The van der Waals surface area contributed by atoms with Gasteiger partial charge < -0.3 is 36.7 Å². The fourth-order valence-corrected chi connectivity index (χ4v) is 6.04.